The first-order valence-electron chi connectivity index (χ1n) is 6.99. The Balaban J connectivity index is 1.64. The molecule has 0 radical (unpaired) electrons. The molecule has 0 aliphatic carbocycles. The summed E-state index contributed by atoms with van der Waals surface area (Å²) in [7, 11) is 0. The van der Waals surface area contributed by atoms with Gasteiger partial charge in [-0.05, 0) is 37.3 Å². The Morgan fingerprint density at radius 1 is 1.25 bits per heavy atom. The molecule has 1 N–H and O–H groups in total. The van der Waals surface area contributed by atoms with Crippen LogP contribution in [0.25, 0.3) is 10.2 Å². The highest BCUT2D eigenvalue weighted by atomic mass is 35.5. The smallest absolute Gasteiger partial charge is 0.338 e. The number of amides is 1. The van der Waals surface area contributed by atoms with Gasteiger partial charge in [-0.15, -0.1) is 11.3 Å². The molecule has 2 aromatic heterocycles. The molecule has 8 heteroatoms. The van der Waals surface area contributed by atoms with Crippen molar-refractivity contribution in [2.45, 2.75) is 13.0 Å². The van der Waals surface area contributed by atoms with Crippen LogP contribution < -0.4 is 5.32 Å². The van der Waals surface area contributed by atoms with Gasteiger partial charge in [0.2, 0.25) is 0 Å². The molecular formula is C16H12ClN3O3S. The fourth-order valence-electron chi connectivity index (χ4n) is 1.94. The van der Waals surface area contributed by atoms with Crippen LogP contribution in [0.15, 0.2) is 42.0 Å². The number of hydrogen-bond donors (Lipinski definition) is 1. The first kappa shape index (κ1) is 16.4. The summed E-state index contributed by atoms with van der Waals surface area (Å²) in [4.78, 5) is 32.3. The predicted octanol–water partition coefficient (Wildman–Crippen LogP) is 3.53. The van der Waals surface area contributed by atoms with Gasteiger partial charge in [-0.3, -0.25) is 4.79 Å². The van der Waals surface area contributed by atoms with Crippen LogP contribution in [0.5, 0.6) is 0 Å². The number of pyridine rings is 1. The molecule has 1 aromatic carbocycles. The van der Waals surface area contributed by atoms with Gasteiger partial charge in [0.15, 0.2) is 6.10 Å². The highest BCUT2D eigenvalue weighted by Gasteiger charge is 2.19. The quantitative estimate of drug-likeness (QED) is 0.719. The van der Waals surface area contributed by atoms with Crippen molar-refractivity contribution < 1.29 is 14.3 Å². The van der Waals surface area contributed by atoms with E-state index in [1.54, 1.807) is 35.8 Å². The monoisotopic (exact) mass is 361 g/mol. The number of fused-ring (bicyclic) bond motifs is 1. The summed E-state index contributed by atoms with van der Waals surface area (Å²) < 4.78 is 6.08. The van der Waals surface area contributed by atoms with Gasteiger partial charge in [0.25, 0.3) is 5.91 Å². The van der Waals surface area contributed by atoms with Crippen molar-refractivity contribution in [2.24, 2.45) is 0 Å². The van der Waals surface area contributed by atoms with E-state index in [-0.39, 0.29) is 0 Å². The molecule has 0 bridgehead atoms. The lowest BCUT2D eigenvalue weighted by Crippen LogP contribution is -2.30. The van der Waals surface area contributed by atoms with E-state index in [0.29, 0.717) is 16.4 Å². The average molecular weight is 362 g/mol. The van der Waals surface area contributed by atoms with Crippen LogP contribution in [0, 0.1) is 0 Å². The molecule has 6 nitrogen and oxygen atoms in total. The zero-order valence-electron chi connectivity index (χ0n) is 12.5. The zero-order chi connectivity index (χ0) is 17.1. The van der Waals surface area contributed by atoms with Crippen molar-refractivity contribution in [3.8, 4) is 0 Å². The zero-order valence-corrected chi connectivity index (χ0v) is 14.1. The molecule has 0 fully saturated rings. The Bertz CT molecular complexity index is 895. The van der Waals surface area contributed by atoms with Crippen molar-refractivity contribution in [2.75, 3.05) is 5.32 Å². The SMILES string of the molecule is C[C@@H](OC(=O)c1ccc2ncsc2c1)C(=O)Nc1ccc(Cl)cn1. The second-order valence-electron chi connectivity index (χ2n) is 4.93. The Morgan fingerprint density at radius 3 is 2.83 bits per heavy atom. The van der Waals surface area contributed by atoms with Gasteiger partial charge in [0.05, 0.1) is 26.3 Å². The van der Waals surface area contributed by atoms with Gasteiger partial charge >= 0.3 is 5.97 Å². The first-order valence-corrected chi connectivity index (χ1v) is 8.25. The maximum Gasteiger partial charge on any atom is 0.338 e. The lowest BCUT2D eigenvalue weighted by molar-refractivity contribution is -0.123. The minimum atomic E-state index is -0.966. The summed E-state index contributed by atoms with van der Waals surface area (Å²) in [5.74, 6) is -0.715. The number of rotatable bonds is 4. The minimum absolute atomic E-state index is 0.332. The van der Waals surface area contributed by atoms with E-state index in [1.807, 2.05) is 0 Å². The number of hydrogen-bond acceptors (Lipinski definition) is 6. The molecule has 0 spiro atoms. The van der Waals surface area contributed by atoms with Crippen molar-refractivity contribution in [1.29, 1.82) is 0 Å². The summed E-state index contributed by atoms with van der Waals surface area (Å²) in [6.45, 7) is 1.49. The molecular weight excluding hydrogens is 350 g/mol. The van der Waals surface area contributed by atoms with Crippen LogP contribution in [-0.4, -0.2) is 27.9 Å². The Kier molecular flexibility index (Phi) is 4.73. The number of carbonyl (C=O) groups is 2. The summed E-state index contributed by atoms with van der Waals surface area (Å²) >= 11 is 7.16. The summed E-state index contributed by atoms with van der Waals surface area (Å²) in [6.07, 6.45) is 0.449. The number of nitrogens with zero attached hydrogens (tertiary/aromatic N) is 2. The number of thiazole rings is 1. The topological polar surface area (TPSA) is 81.2 Å². The maximum atomic E-state index is 12.2. The second-order valence-corrected chi connectivity index (χ2v) is 6.26. The van der Waals surface area contributed by atoms with Crippen LogP contribution in [-0.2, 0) is 9.53 Å². The van der Waals surface area contributed by atoms with Gasteiger partial charge < -0.3 is 10.1 Å². The summed E-state index contributed by atoms with van der Waals surface area (Å²) in [5.41, 5.74) is 2.89. The lowest BCUT2D eigenvalue weighted by atomic mass is 10.2. The highest BCUT2D eigenvalue weighted by molar-refractivity contribution is 7.16. The summed E-state index contributed by atoms with van der Waals surface area (Å²) in [6, 6.07) is 8.22. The van der Waals surface area contributed by atoms with Crippen molar-refractivity contribution in [1.82, 2.24) is 9.97 Å². The molecule has 0 unspecified atom stereocenters. The summed E-state index contributed by atoms with van der Waals surface area (Å²) in [5, 5.41) is 3.02. The molecule has 0 aliphatic heterocycles. The number of esters is 1. The number of ether oxygens (including phenoxy) is 1. The number of nitrogens with one attached hydrogen (secondary N) is 1. The third-order valence-corrected chi connectivity index (χ3v) is 4.21. The van der Waals surface area contributed by atoms with Crippen LogP contribution >= 0.6 is 22.9 Å². The number of carbonyl (C=O) groups excluding carboxylic acids is 2. The number of aromatic nitrogens is 2. The van der Waals surface area contributed by atoms with Gasteiger partial charge in [0, 0.05) is 6.20 Å². The lowest BCUT2D eigenvalue weighted by Gasteiger charge is -2.13. The molecule has 1 atom stereocenters. The maximum absolute atomic E-state index is 12.2. The molecule has 0 aliphatic rings. The molecule has 24 heavy (non-hydrogen) atoms. The Labute approximate surface area is 146 Å². The molecule has 0 saturated carbocycles. The van der Waals surface area contributed by atoms with Crippen LogP contribution in [0.2, 0.25) is 5.02 Å². The number of halogens is 1. The van der Waals surface area contributed by atoms with E-state index in [1.165, 1.54) is 24.5 Å². The largest absolute Gasteiger partial charge is 0.449 e. The van der Waals surface area contributed by atoms with Crippen molar-refractivity contribution in [3.63, 3.8) is 0 Å². The van der Waals surface area contributed by atoms with Gasteiger partial charge in [-0.25, -0.2) is 14.8 Å². The molecule has 0 saturated heterocycles. The molecule has 3 rings (SSSR count). The van der Waals surface area contributed by atoms with Crippen LogP contribution in [0.3, 0.4) is 0 Å². The Hall–Kier alpha value is -2.51. The molecule has 1 amide bonds. The average Bonchev–Trinajstić information content (AvgIpc) is 3.04. The third kappa shape index (κ3) is 3.69. The fraction of sp³-hybridized carbons (Fsp3) is 0.125. The first-order chi connectivity index (χ1) is 11.5. The Morgan fingerprint density at radius 2 is 2.08 bits per heavy atom. The fourth-order valence-corrected chi connectivity index (χ4v) is 2.77. The molecule has 122 valence electrons. The van der Waals surface area contributed by atoms with E-state index < -0.39 is 18.0 Å². The van der Waals surface area contributed by atoms with Gasteiger partial charge in [-0.1, -0.05) is 11.6 Å². The van der Waals surface area contributed by atoms with Crippen LogP contribution in [0.4, 0.5) is 5.82 Å². The normalized spacial score (nSPS) is 11.9. The predicted molar refractivity (Wildman–Crippen MR) is 92.4 cm³/mol. The highest BCUT2D eigenvalue weighted by Crippen LogP contribution is 2.20. The molecule has 3 aromatic rings. The third-order valence-electron chi connectivity index (χ3n) is 3.20. The van der Waals surface area contributed by atoms with E-state index >= 15 is 0 Å². The van der Waals surface area contributed by atoms with E-state index in [4.69, 9.17) is 16.3 Å². The van der Waals surface area contributed by atoms with Gasteiger partial charge in [0.1, 0.15) is 5.82 Å². The number of benzene rings is 1. The second kappa shape index (κ2) is 6.94. The minimum Gasteiger partial charge on any atom is -0.449 e. The van der Waals surface area contributed by atoms with E-state index in [9.17, 15) is 9.59 Å². The molecule has 2 heterocycles. The van der Waals surface area contributed by atoms with Crippen molar-refractivity contribution in [3.05, 3.63) is 52.6 Å². The van der Waals surface area contributed by atoms with E-state index in [0.717, 1.165) is 10.2 Å². The van der Waals surface area contributed by atoms with Crippen molar-refractivity contribution >= 4 is 50.8 Å². The number of anilines is 1. The van der Waals surface area contributed by atoms with Gasteiger partial charge in [-0.2, -0.15) is 0 Å². The standard InChI is InChI=1S/C16H12ClN3O3S/c1-9(15(21)20-14-5-3-11(17)7-18-14)23-16(22)10-2-4-12-13(6-10)24-8-19-12/h2-9H,1H3,(H,18,20,21)/t9-/m1/s1. The van der Waals surface area contributed by atoms with E-state index in [2.05, 4.69) is 15.3 Å². The van der Waals surface area contributed by atoms with Crippen LogP contribution in [0.1, 0.15) is 17.3 Å².